The van der Waals surface area contributed by atoms with E-state index in [0.29, 0.717) is 5.70 Å². The second-order valence-electron chi connectivity index (χ2n) is 7.60. The maximum Gasteiger partial charge on any atom is 0.327 e. The molecule has 0 unspecified atom stereocenters. The third-order valence-electron chi connectivity index (χ3n) is 5.25. The Hall–Kier alpha value is -2.86. The van der Waals surface area contributed by atoms with Crippen LogP contribution in [0.4, 0.5) is 11.5 Å². The molecular formula is C21H33N5O6. The van der Waals surface area contributed by atoms with Crippen LogP contribution in [0.25, 0.3) is 0 Å². The molecule has 2 rings (SSSR count). The fourth-order valence-corrected chi connectivity index (χ4v) is 3.55. The van der Waals surface area contributed by atoms with E-state index in [2.05, 4.69) is 20.2 Å². The second-order valence-corrected chi connectivity index (χ2v) is 7.60. The highest BCUT2D eigenvalue weighted by Crippen LogP contribution is 2.24. The molecule has 1 aliphatic rings. The van der Waals surface area contributed by atoms with E-state index < -0.39 is 36.2 Å². The van der Waals surface area contributed by atoms with Gasteiger partial charge in [0.05, 0.1) is 13.2 Å². The molecule has 3 atom stereocenters. The summed E-state index contributed by atoms with van der Waals surface area (Å²) in [6.07, 6.45) is 0.571. The highest BCUT2D eigenvalue weighted by molar-refractivity contribution is 5.68. The molecule has 11 nitrogen and oxygen atoms in total. The predicted octanol–water partition coefficient (Wildman–Crippen LogP) is -0.597. The molecule has 0 saturated carbocycles. The molecule has 0 aromatic carbocycles. The Kier molecular flexibility index (Phi) is 8.84. The number of hydrogen-bond donors (Lipinski definition) is 7. The topological polar surface area (TPSA) is 165 Å². The van der Waals surface area contributed by atoms with Gasteiger partial charge in [0.1, 0.15) is 29.8 Å². The van der Waals surface area contributed by atoms with Crippen molar-refractivity contribution in [2.24, 2.45) is 0 Å². The number of nitrogens with one attached hydrogen (secondary N) is 3. The zero-order chi connectivity index (χ0) is 24.0. The number of nitrogens with zero attached hydrogens (tertiary/aromatic N) is 2. The normalized spacial score (nSPS) is 17.2. The van der Waals surface area contributed by atoms with E-state index in [0.717, 1.165) is 24.4 Å². The number of allylic oxidation sites excluding steroid dienone is 4. The first-order valence-corrected chi connectivity index (χ1v) is 10.5. The molecule has 0 fully saturated rings. The summed E-state index contributed by atoms with van der Waals surface area (Å²) in [4.78, 5) is 32.8. The van der Waals surface area contributed by atoms with Gasteiger partial charge in [0.25, 0.3) is 5.56 Å². The summed E-state index contributed by atoms with van der Waals surface area (Å²) in [5.41, 5.74) is 1.11. The summed E-state index contributed by atoms with van der Waals surface area (Å²) < 4.78 is 0. The van der Waals surface area contributed by atoms with Gasteiger partial charge in [-0.3, -0.25) is 14.8 Å². The molecule has 0 bridgehead atoms. The van der Waals surface area contributed by atoms with Crippen molar-refractivity contribution in [2.75, 3.05) is 36.5 Å². The van der Waals surface area contributed by atoms with Gasteiger partial charge >= 0.3 is 5.69 Å². The average molecular weight is 452 g/mol. The van der Waals surface area contributed by atoms with Gasteiger partial charge in [0.2, 0.25) is 0 Å². The van der Waals surface area contributed by atoms with Crippen molar-refractivity contribution in [3.63, 3.8) is 0 Å². The van der Waals surface area contributed by atoms with Crippen molar-refractivity contribution in [3.05, 3.63) is 56.2 Å². The van der Waals surface area contributed by atoms with Crippen LogP contribution in [0.3, 0.4) is 0 Å². The van der Waals surface area contributed by atoms with E-state index in [1.807, 2.05) is 26.8 Å². The first-order chi connectivity index (χ1) is 15.1. The van der Waals surface area contributed by atoms with Gasteiger partial charge in [-0.25, -0.2) is 4.79 Å². The molecule has 0 aliphatic carbocycles. The summed E-state index contributed by atoms with van der Waals surface area (Å²) >= 11 is 0. The zero-order valence-electron chi connectivity index (χ0n) is 18.8. The quantitative estimate of drug-likeness (QED) is 0.273. The molecule has 2 heterocycles. The number of aromatic amines is 2. The standard InChI is InChI=1S/C21H33N5O6/c1-5-25(6-2)14-7-8-26(10-15(28)18(30)16(29)11-27)19-17(20(31)24-21(32)23-19)22-13(4)9-12(14)3/h7-9,15-16,18,22,27-30H,5-6,10-11H2,1-4H3,(H2,23,24,31,32)/t15-,16+,18-/m0/s1. The van der Waals surface area contributed by atoms with Gasteiger partial charge in [-0.15, -0.1) is 0 Å². The van der Waals surface area contributed by atoms with Gasteiger partial charge in [-0.2, -0.15) is 0 Å². The molecular weight excluding hydrogens is 418 g/mol. The SMILES string of the molecule is CCN(CC)C1=C(C)C=C(C)Nc2c([nH]c(=O)[nH]c2=O)N(C[C@H](O)[C@H](O)[C@H](O)CO)C=C1. The van der Waals surface area contributed by atoms with Crippen molar-refractivity contribution in [1.82, 2.24) is 14.9 Å². The van der Waals surface area contributed by atoms with E-state index in [1.165, 1.54) is 4.90 Å². The number of likely N-dealkylation sites (N-methyl/N-ethyl adjacent to an activating group) is 1. The van der Waals surface area contributed by atoms with Crippen LogP contribution < -0.4 is 21.5 Å². The summed E-state index contributed by atoms with van der Waals surface area (Å²) in [6, 6.07) is 0. The van der Waals surface area contributed by atoms with Gasteiger partial charge in [0, 0.05) is 30.7 Å². The van der Waals surface area contributed by atoms with Gasteiger partial charge in [0.15, 0.2) is 0 Å². The molecule has 178 valence electrons. The molecule has 11 heteroatoms. The molecule has 1 aromatic heterocycles. The van der Waals surface area contributed by atoms with E-state index >= 15 is 0 Å². The fourth-order valence-electron chi connectivity index (χ4n) is 3.55. The second kappa shape index (κ2) is 11.1. The van der Waals surface area contributed by atoms with Crippen LogP contribution in [0, 0.1) is 0 Å². The third kappa shape index (κ3) is 5.88. The Bertz CT molecular complexity index is 991. The summed E-state index contributed by atoms with van der Waals surface area (Å²) in [7, 11) is 0. The molecule has 1 aromatic rings. The number of rotatable bonds is 8. The molecule has 7 N–H and O–H groups in total. The number of β-amino-alcohol motifs (C(OH)–C–C–N with tert-alkyl or cyclic N) is 1. The van der Waals surface area contributed by atoms with Crippen LogP contribution in [0.5, 0.6) is 0 Å². The molecule has 0 spiro atoms. The number of aromatic nitrogens is 2. The van der Waals surface area contributed by atoms with Crippen molar-refractivity contribution in [3.8, 4) is 0 Å². The summed E-state index contributed by atoms with van der Waals surface area (Å²) in [6.45, 7) is 8.22. The first kappa shape index (κ1) is 25.4. The lowest BCUT2D eigenvalue weighted by atomic mass is 10.1. The van der Waals surface area contributed by atoms with Gasteiger partial charge in [-0.05, 0) is 45.4 Å². The Labute approximate surface area is 186 Å². The Morgan fingerprint density at radius 3 is 2.31 bits per heavy atom. The monoisotopic (exact) mass is 451 g/mol. The minimum absolute atomic E-state index is 0.0477. The van der Waals surface area contributed by atoms with Gasteiger partial charge < -0.3 is 35.5 Å². The lowest BCUT2D eigenvalue weighted by molar-refractivity contribution is -0.0727. The van der Waals surface area contributed by atoms with E-state index in [1.54, 1.807) is 19.2 Å². The molecule has 32 heavy (non-hydrogen) atoms. The predicted molar refractivity (Wildman–Crippen MR) is 122 cm³/mol. The lowest BCUT2D eigenvalue weighted by Gasteiger charge is -2.30. The molecule has 0 amide bonds. The van der Waals surface area contributed by atoms with Crippen molar-refractivity contribution in [1.29, 1.82) is 0 Å². The van der Waals surface area contributed by atoms with Crippen molar-refractivity contribution < 1.29 is 20.4 Å². The Morgan fingerprint density at radius 2 is 1.72 bits per heavy atom. The minimum Gasteiger partial charge on any atom is -0.394 e. The van der Waals surface area contributed by atoms with Crippen LogP contribution >= 0.6 is 0 Å². The van der Waals surface area contributed by atoms with Crippen molar-refractivity contribution >= 4 is 11.5 Å². The zero-order valence-corrected chi connectivity index (χ0v) is 18.8. The highest BCUT2D eigenvalue weighted by atomic mass is 16.4. The maximum atomic E-state index is 12.5. The van der Waals surface area contributed by atoms with Crippen LogP contribution in [0.2, 0.25) is 0 Å². The summed E-state index contributed by atoms with van der Waals surface area (Å²) in [5, 5.41) is 42.4. The van der Waals surface area contributed by atoms with Crippen LogP contribution in [0.15, 0.2) is 44.9 Å². The molecule has 0 radical (unpaired) electrons. The van der Waals surface area contributed by atoms with E-state index in [-0.39, 0.29) is 18.1 Å². The Morgan fingerprint density at radius 1 is 1.06 bits per heavy atom. The number of fused-ring (bicyclic) bond motifs is 1. The smallest absolute Gasteiger partial charge is 0.327 e. The number of H-pyrrole nitrogens is 2. The van der Waals surface area contributed by atoms with Crippen LogP contribution in [0.1, 0.15) is 27.7 Å². The fraction of sp³-hybridized carbons (Fsp3) is 0.524. The van der Waals surface area contributed by atoms with E-state index in [4.69, 9.17) is 5.11 Å². The minimum atomic E-state index is -1.64. The van der Waals surface area contributed by atoms with Crippen LogP contribution in [-0.2, 0) is 0 Å². The van der Waals surface area contributed by atoms with Crippen LogP contribution in [-0.4, -0.2) is 79.8 Å². The van der Waals surface area contributed by atoms with E-state index in [9.17, 15) is 24.9 Å². The molecule has 0 saturated heterocycles. The number of anilines is 2. The number of aliphatic hydroxyl groups is 4. The number of hydrogen-bond acceptors (Lipinski definition) is 9. The van der Waals surface area contributed by atoms with Crippen molar-refractivity contribution in [2.45, 2.75) is 46.0 Å². The highest BCUT2D eigenvalue weighted by Gasteiger charge is 2.27. The average Bonchev–Trinajstić information content (AvgIpc) is 2.75. The largest absolute Gasteiger partial charge is 0.394 e. The summed E-state index contributed by atoms with van der Waals surface area (Å²) in [5.74, 6) is 0.0749. The third-order valence-corrected chi connectivity index (χ3v) is 5.25. The Balaban J connectivity index is 2.66. The maximum absolute atomic E-state index is 12.5. The first-order valence-electron chi connectivity index (χ1n) is 10.5. The number of aliphatic hydroxyl groups excluding tert-OH is 4. The molecule has 1 aliphatic heterocycles. The van der Waals surface area contributed by atoms with Gasteiger partial charge in [-0.1, -0.05) is 0 Å². The lowest BCUT2D eigenvalue weighted by Crippen LogP contribution is -2.45.